The summed E-state index contributed by atoms with van der Waals surface area (Å²) >= 11 is 0. The Kier molecular flexibility index (Phi) is 5.40. The van der Waals surface area contributed by atoms with Gasteiger partial charge >= 0.3 is 0 Å². The lowest BCUT2D eigenvalue weighted by Crippen LogP contribution is -2.41. The second-order valence-corrected chi connectivity index (χ2v) is 5.15. The lowest BCUT2D eigenvalue weighted by molar-refractivity contribution is 0.181. The quantitative estimate of drug-likeness (QED) is 0.650. The number of nitrogens with zero attached hydrogens (tertiary/aromatic N) is 3. The van der Waals surface area contributed by atoms with Gasteiger partial charge in [-0.25, -0.2) is 0 Å². The minimum absolute atomic E-state index is 0.593. The molecule has 1 fully saturated rings. The Morgan fingerprint density at radius 1 is 1.60 bits per heavy atom. The number of aromatic nitrogens is 1. The van der Waals surface area contributed by atoms with E-state index >= 15 is 0 Å². The molecule has 1 aliphatic heterocycles. The first-order valence-corrected chi connectivity index (χ1v) is 7.17. The number of aliphatic imine (C=N–C) groups is 1. The van der Waals surface area contributed by atoms with Crippen LogP contribution in [-0.4, -0.2) is 49.9 Å². The molecule has 1 aliphatic rings. The van der Waals surface area contributed by atoms with Gasteiger partial charge in [0.15, 0.2) is 11.7 Å². The highest BCUT2D eigenvalue weighted by atomic mass is 16.5. The minimum Gasteiger partial charge on any atom is -0.381 e. The fourth-order valence-corrected chi connectivity index (χ4v) is 2.36. The summed E-state index contributed by atoms with van der Waals surface area (Å²) in [6.45, 7) is 5.35. The predicted molar refractivity (Wildman–Crippen MR) is 77.6 cm³/mol. The number of hydrogen-bond acceptors (Lipinski definition) is 4. The van der Waals surface area contributed by atoms with E-state index in [4.69, 9.17) is 9.26 Å². The highest BCUT2D eigenvalue weighted by Crippen LogP contribution is 2.13. The van der Waals surface area contributed by atoms with E-state index in [0.717, 1.165) is 50.0 Å². The van der Waals surface area contributed by atoms with Gasteiger partial charge in [-0.15, -0.1) is 0 Å². The Labute approximate surface area is 120 Å². The van der Waals surface area contributed by atoms with Gasteiger partial charge in [-0.2, -0.15) is 0 Å². The van der Waals surface area contributed by atoms with E-state index in [2.05, 4.69) is 27.3 Å². The smallest absolute Gasteiger partial charge is 0.193 e. The highest BCUT2D eigenvalue weighted by Gasteiger charge is 2.19. The van der Waals surface area contributed by atoms with E-state index in [9.17, 15) is 0 Å². The lowest BCUT2D eigenvalue weighted by atomic mass is 10.1. The molecule has 20 heavy (non-hydrogen) atoms. The third kappa shape index (κ3) is 3.96. The molecule has 0 saturated carbocycles. The SMILES string of the molecule is CCc1cc(CNC(=NC)N(C)CC2CCOC2)on1. The topological polar surface area (TPSA) is 62.9 Å². The molecule has 1 aromatic heterocycles. The van der Waals surface area contributed by atoms with Crippen LogP contribution >= 0.6 is 0 Å². The van der Waals surface area contributed by atoms with Crippen LogP contribution in [0.3, 0.4) is 0 Å². The van der Waals surface area contributed by atoms with Crippen molar-refractivity contribution >= 4 is 5.96 Å². The maximum atomic E-state index is 5.41. The van der Waals surface area contributed by atoms with Crippen LogP contribution in [0.2, 0.25) is 0 Å². The summed E-state index contributed by atoms with van der Waals surface area (Å²) in [7, 11) is 3.84. The summed E-state index contributed by atoms with van der Waals surface area (Å²) in [5.41, 5.74) is 0.980. The van der Waals surface area contributed by atoms with E-state index in [1.54, 1.807) is 7.05 Å². The van der Waals surface area contributed by atoms with E-state index in [1.165, 1.54) is 0 Å². The normalized spacial score (nSPS) is 19.4. The van der Waals surface area contributed by atoms with E-state index < -0.39 is 0 Å². The Morgan fingerprint density at radius 2 is 2.45 bits per heavy atom. The molecule has 0 aromatic carbocycles. The van der Waals surface area contributed by atoms with Gasteiger partial charge < -0.3 is 19.5 Å². The number of aryl methyl sites for hydroxylation is 1. The molecule has 2 heterocycles. The molecule has 1 saturated heterocycles. The van der Waals surface area contributed by atoms with Crippen LogP contribution in [0, 0.1) is 5.92 Å². The zero-order chi connectivity index (χ0) is 14.4. The first-order chi connectivity index (χ1) is 9.72. The first kappa shape index (κ1) is 14.8. The van der Waals surface area contributed by atoms with Crippen molar-refractivity contribution < 1.29 is 9.26 Å². The Balaban J connectivity index is 1.81. The Hall–Kier alpha value is -1.56. The van der Waals surface area contributed by atoms with Crippen LogP contribution in [0.25, 0.3) is 0 Å². The lowest BCUT2D eigenvalue weighted by Gasteiger charge is -2.24. The first-order valence-electron chi connectivity index (χ1n) is 7.17. The van der Waals surface area contributed by atoms with Crippen LogP contribution in [0.1, 0.15) is 24.8 Å². The molecule has 0 bridgehead atoms. The van der Waals surface area contributed by atoms with Gasteiger partial charge in [0.1, 0.15) is 0 Å². The average Bonchev–Trinajstić information content (AvgIpc) is 3.10. The summed E-state index contributed by atoms with van der Waals surface area (Å²) in [5, 5.41) is 7.28. The van der Waals surface area contributed by atoms with Gasteiger partial charge in [-0.05, 0) is 12.8 Å². The molecule has 0 spiro atoms. The van der Waals surface area contributed by atoms with Gasteiger partial charge in [0.05, 0.1) is 18.8 Å². The molecule has 1 unspecified atom stereocenters. The number of rotatable bonds is 5. The molecule has 1 aromatic rings. The predicted octanol–water partition coefficient (Wildman–Crippen LogP) is 1.28. The molecule has 1 N–H and O–H groups in total. The van der Waals surface area contributed by atoms with Crippen molar-refractivity contribution in [3.05, 3.63) is 17.5 Å². The molecule has 112 valence electrons. The van der Waals surface area contributed by atoms with E-state index in [0.29, 0.717) is 12.5 Å². The maximum absolute atomic E-state index is 5.41. The van der Waals surface area contributed by atoms with Gasteiger partial charge in [-0.3, -0.25) is 4.99 Å². The summed E-state index contributed by atoms with van der Waals surface area (Å²) in [6.07, 6.45) is 2.02. The second-order valence-electron chi connectivity index (χ2n) is 5.15. The van der Waals surface area contributed by atoms with Crippen LogP contribution < -0.4 is 5.32 Å². The summed E-state index contributed by atoms with van der Waals surface area (Å²) in [5.74, 6) is 2.29. The van der Waals surface area contributed by atoms with Crippen molar-refractivity contribution in [1.82, 2.24) is 15.4 Å². The second kappa shape index (κ2) is 7.28. The third-order valence-corrected chi connectivity index (χ3v) is 3.52. The molecular weight excluding hydrogens is 256 g/mol. The van der Waals surface area contributed by atoms with Crippen molar-refractivity contribution in [2.24, 2.45) is 10.9 Å². The van der Waals surface area contributed by atoms with Crippen LogP contribution in [0.4, 0.5) is 0 Å². The zero-order valence-electron chi connectivity index (χ0n) is 12.6. The van der Waals surface area contributed by atoms with Gasteiger partial charge in [0.25, 0.3) is 0 Å². The van der Waals surface area contributed by atoms with E-state index in [1.807, 2.05) is 13.1 Å². The Morgan fingerprint density at radius 3 is 3.05 bits per heavy atom. The zero-order valence-corrected chi connectivity index (χ0v) is 12.6. The van der Waals surface area contributed by atoms with Crippen molar-refractivity contribution in [2.75, 3.05) is 33.9 Å². The summed E-state index contributed by atoms with van der Waals surface area (Å²) in [6, 6.07) is 1.98. The van der Waals surface area contributed by atoms with Crippen molar-refractivity contribution in [1.29, 1.82) is 0 Å². The molecule has 0 radical (unpaired) electrons. The molecule has 1 atom stereocenters. The fraction of sp³-hybridized carbons (Fsp3) is 0.714. The highest BCUT2D eigenvalue weighted by molar-refractivity contribution is 5.79. The van der Waals surface area contributed by atoms with Crippen LogP contribution in [-0.2, 0) is 17.7 Å². The van der Waals surface area contributed by atoms with Crippen molar-refractivity contribution in [3.63, 3.8) is 0 Å². The number of nitrogens with one attached hydrogen (secondary N) is 1. The third-order valence-electron chi connectivity index (χ3n) is 3.52. The van der Waals surface area contributed by atoms with Crippen LogP contribution in [0.15, 0.2) is 15.6 Å². The summed E-state index contributed by atoms with van der Waals surface area (Å²) in [4.78, 5) is 6.44. The molecular formula is C14H24N4O2. The number of guanidine groups is 1. The fourth-order valence-electron chi connectivity index (χ4n) is 2.36. The standard InChI is InChI=1S/C14H24N4O2/c1-4-12-7-13(20-17-12)8-16-14(15-2)18(3)9-11-5-6-19-10-11/h7,11H,4-6,8-10H2,1-3H3,(H,15,16). The molecule has 6 nitrogen and oxygen atoms in total. The average molecular weight is 280 g/mol. The van der Waals surface area contributed by atoms with Gasteiger partial charge in [0, 0.05) is 39.2 Å². The summed E-state index contributed by atoms with van der Waals surface area (Å²) < 4.78 is 10.7. The molecule has 0 aliphatic carbocycles. The molecule has 2 rings (SSSR count). The maximum Gasteiger partial charge on any atom is 0.193 e. The molecule has 6 heteroatoms. The van der Waals surface area contributed by atoms with Gasteiger partial charge in [0.2, 0.25) is 0 Å². The minimum atomic E-state index is 0.593. The van der Waals surface area contributed by atoms with Crippen molar-refractivity contribution in [2.45, 2.75) is 26.3 Å². The Bertz CT molecular complexity index is 438. The number of hydrogen-bond donors (Lipinski definition) is 1. The van der Waals surface area contributed by atoms with Gasteiger partial charge in [-0.1, -0.05) is 12.1 Å². The van der Waals surface area contributed by atoms with Crippen LogP contribution in [0.5, 0.6) is 0 Å². The van der Waals surface area contributed by atoms with E-state index in [-0.39, 0.29) is 0 Å². The van der Waals surface area contributed by atoms with Crippen molar-refractivity contribution in [3.8, 4) is 0 Å². The molecule has 0 amide bonds. The largest absolute Gasteiger partial charge is 0.381 e. The number of ether oxygens (including phenoxy) is 1. The monoisotopic (exact) mass is 280 g/mol.